The van der Waals surface area contributed by atoms with Crippen LogP contribution in [-0.2, 0) is 0 Å². The molecule has 1 saturated carbocycles. The zero-order valence-electron chi connectivity index (χ0n) is 11.5. The van der Waals surface area contributed by atoms with Gasteiger partial charge in [-0.2, -0.15) is 5.26 Å². The number of hydrogen-bond acceptors (Lipinski definition) is 2. The van der Waals surface area contributed by atoms with Crippen LogP contribution in [0.5, 0.6) is 0 Å². The van der Waals surface area contributed by atoms with Crippen LogP contribution >= 0.6 is 15.9 Å². The summed E-state index contributed by atoms with van der Waals surface area (Å²) in [6.45, 7) is 4.17. The molecule has 3 heteroatoms. The first-order valence-electron chi connectivity index (χ1n) is 6.84. The predicted molar refractivity (Wildman–Crippen MR) is 79.5 cm³/mol. The quantitative estimate of drug-likeness (QED) is 0.870. The molecule has 2 rings (SSSR count). The lowest BCUT2D eigenvalue weighted by Crippen LogP contribution is -2.33. The summed E-state index contributed by atoms with van der Waals surface area (Å²) >= 11 is 3.47. The molecule has 3 atom stereocenters. The molecule has 0 saturated heterocycles. The van der Waals surface area contributed by atoms with Crippen LogP contribution in [0, 0.1) is 29.6 Å². The topological polar surface area (TPSA) is 44.0 Å². The molecule has 1 aromatic rings. The molecule has 0 radical (unpaired) electrons. The number of aryl methyl sites for hydroxylation is 1. The Morgan fingerprint density at radius 2 is 2.26 bits per heavy atom. The van der Waals surface area contributed by atoms with Gasteiger partial charge in [0.1, 0.15) is 0 Å². The van der Waals surface area contributed by atoms with Crippen molar-refractivity contribution in [2.75, 3.05) is 0 Å². The van der Waals surface area contributed by atoms with E-state index in [0.717, 1.165) is 41.3 Å². The van der Waals surface area contributed by atoms with E-state index < -0.39 is 11.5 Å². The summed E-state index contributed by atoms with van der Waals surface area (Å²) in [7, 11) is 0. The summed E-state index contributed by atoms with van der Waals surface area (Å²) in [5.74, 6) is 0.514. The number of rotatable bonds is 2. The van der Waals surface area contributed by atoms with E-state index in [1.54, 1.807) is 0 Å². The number of hydrogen-bond donors (Lipinski definition) is 1. The van der Waals surface area contributed by atoms with Crippen LogP contribution < -0.4 is 0 Å². The fraction of sp³-hybridized carbons (Fsp3) is 0.562. The minimum absolute atomic E-state index is 0.514. The van der Waals surface area contributed by atoms with Crippen LogP contribution in [0.1, 0.15) is 49.8 Å². The minimum Gasteiger partial charge on any atom is -0.387 e. The molecule has 2 nitrogen and oxygen atoms in total. The lowest BCUT2D eigenvalue weighted by atomic mass is 9.66. The Hall–Kier alpha value is -0.850. The molecular formula is C16H20BrNO. The Kier molecular flexibility index (Phi) is 4.32. The van der Waals surface area contributed by atoms with Gasteiger partial charge in [0.15, 0.2) is 0 Å². The van der Waals surface area contributed by atoms with Gasteiger partial charge in [0, 0.05) is 4.47 Å². The summed E-state index contributed by atoms with van der Waals surface area (Å²) < 4.78 is 1.03. The van der Waals surface area contributed by atoms with Crippen molar-refractivity contribution in [2.45, 2.75) is 45.6 Å². The van der Waals surface area contributed by atoms with E-state index in [0.29, 0.717) is 5.92 Å². The van der Waals surface area contributed by atoms with Crippen molar-refractivity contribution < 1.29 is 5.11 Å². The third-order valence-corrected chi connectivity index (χ3v) is 5.17. The van der Waals surface area contributed by atoms with Gasteiger partial charge in [-0.05, 0) is 42.9 Å². The van der Waals surface area contributed by atoms with Crippen molar-refractivity contribution in [3.63, 3.8) is 0 Å². The summed E-state index contributed by atoms with van der Waals surface area (Å²) in [6.07, 6.45) is 3.09. The highest BCUT2D eigenvalue weighted by atomic mass is 79.9. The molecule has 1 N–H and O–H groups in total. The Labute approximate surface area is 123 Å². The molecule has 0 spiro atoms. The molecule has 0 heterocycles. The fourth-order valence-electron chi connectivity index (χ4n) is 3.16. The van der Waals surface area contributed by atoms with Crippen LogP contribution in [-0.4, -0.2) is 5.11 Å². The van der Waals surface area contributed by atoms with Crippen molar-refractivity contribution in [2.24, 2.45) is 11.3 Å². The van der Waals surface area contributed by atoms with E-state index in [1.807, 2.05) is 25.1 Å². The van der Waals surface area contributed by atoms with Gasteiger partial charge in [0.2, 0.25) is 0 Å². The number of halogens is 1. The third kappa shape index (κ3) is 2.85. The lowest BCUT2D eigenvalue weighted by molar-refractivity contribution is 0.0219. The molecule has 3 unspecified atom stereocenters. The largest absolute Gasteiger partial charge is 0.387 e. The second-order valence-corrected chi connectivity index (χ2v) is 6.73. The normalized spacial score (nSPS) is 28.7. The molecule has 102 valence electrons. The molecule has 0 aromatic heterocycles. The average molecular weight is 322 g/mol. The number of aliphatic hydroxyl groups is 1. The molecule has 19 heavy (non-hydrogen) atoms. The van der Waals surface area contributed by atoms with Crippen LogP contribution in [0.25, 0.3) is 0 Å². The van der Waals surface area contributed by atoms with Crippen molar-refractivity contribution in [3.8, 4) is 6.07 Å². The maximum absolute atomic E-state index is 10.7. The van der Waals surface area contributed by atoms with E-state index in [2.05, 4.69) is 28.9 Å². The number of benzene rings is 1. The second-order valence-electron chi connectivity index (χ2n) is 5.88. The summed E-state index contributed by atoms with van der Waals surface area (Å²) in [4.78, 5) is 0. The second kappa shape index (κ2) is 5.64. The Morgan fingerprint density at radius 1 is 1.53 bits per heavy atom. The Bertz CT molecular complexity index is 508. The number of aliphatic hydroxyl groups excluding tert-OH is 1. The molecule has 0 aliphatic heterocycles. The maximum Gasteiger partial charge on any atom is 0.0976 e. The Balaban J connectivity index is 2.32. The first-order valence-corrected chi connectivity index (χ1v) is 7.63. The molecule has 1 fully saturated rings. The van der Waals surface area contributed by atoms with Gasteiger partial charge in [-0.15, -0.1) is 0 Å². The first kappa shape index (κ1) is 14.6. The zero-order valence-corrected chi connectivity index (χ0v) is 13.1. The van der Waals surface area contributed by atoms with Gasteiger partial charge >= 0.3 is 0 Å². The zero-order chi connectivity index (χ0) is 14.0. The van der Waals surface area contributed by atoms with E-state index in [4.69, 9.17) is 0 Å². The highest BCUT2D eigenvalue weighted by Gasteiger charge is 2.42. The predicted octanol–water partition coefficient (Wildman–Crippen LogP) is 4.51. The molecule has 1 aromatic carbocycles. The maximum atomic E-state index is 10.7. The van der Waals surface area contributed by atoms with Crippen LogP contribution in [0.15, 0.2) is 22.7 Å². The Morgan fingerprint density at radius 3 is 2.84 bits per heavy atom. The van der Waals surface area contributed by atoms with E-state index >= 15 is 0 Å². The van der Waals surface area contributed by atoms with E-state index in [-0.39, 0.29) is 0 Å². The average Bonchev–Trinajstić information content (AvgIpc) is 2.41. The van der Waals surface area contributed by atoms with Crippen LogP contribution in [0.3, 0.4) is 0 Å². The van der Waals surface area contributed by atoms with Crippen molar-refractivity contribution in [3.05, 3.63) is 33.8 Å². The van der Waals surface area contributed by atoms with E-state index in [1.165, 1.54) is 0 Å². The number of nitrogens with zero attached hydrogens (tertiary/aromatic N) is 1. The van der Waals surface area contributed by atoms with Crippen LogP contribution in [0.2, 0.25) is 0 Å². The summed E-state index contributed by atoms with van der Waals surface area (Å²) in [5, 5.41) is 20.3. The minimum atomic E-state index is -0.688. The molecule has 0 bridgehead atoms. The number of nitriles is 1. The monoisotopic (exact) mass is 321 g/mol. The van der Waals surface area contributed by atoms with Crippen molar-refractivity contribution in [1.29, 1.82) is 5.26 Å². The summed E-state index contributed by atoms with van der Waals surface area (Å²) in [6, 6.07) is 8.26. The third-order valence-electron chi connectivity index (χ3n) is 4.28. The molecular weight excluding hydrogens is 302 g/mol. The van der Waals surface area contributed by atoms with Gasteiger partial charge in [-0.3, -0.25) is 0 Å². The molecule has 1 aliphatic rings. The van der Waals surface area contributed by atoms with Gasteiger partial charge in [-0.25, -0.2) is 0 Å². The van der Waals surface area contributed by atoms with Gasteiger partial charge in [-0.1, -0.05) is 47.8 Å². The summed E-state index contributed by atoms with van der Waals surface area (Å²) in [5.41, 5.74) is 1.34. The first-order chi connectivity index (χ1) is 8.98. The van der Waals surface area contributed by atoms with Crippen LogP contribution in [0.4, 0.5) is 0 Å². The lowest BCUT2D eigenvalue weighted by Gasteiger charge is -2.38. The highest BCUT2D eigenvalue weighted by Crippen LogP contribution is 2.47. The molecule has 1 aliphatic carbocycles. The smallest absolute Gasteiger partial charge is 0.0976 e. The van der Waals surface area contributed by atoms with Gasteiger partial charge in [0.25, 0.3) is 0 Å². The van der Waals surface area contributed by atoms with Gasteiger partial charge in [0.05, 0.1) is 17.6 Å². The highest BCUT2D eigenvalue weighted by molar-refractivity contribution is 9.10. The standard InChI is InChI=1S/C16H20BrNO/c1-11-4-3-7-16(9-11,10-18)15(19)13-5-6-14(17)12(2)8-13/h5-6,8,11,15,19H,3-4,7,9H2,1-2H3. The SMILES string of the molecule is Cc1cc(C(O)C2(C#N)CCCC(C)C2)ccc1Br. The van der Waals surface area contributed by atoms with Crippen molar-refractivity contribution >= 4 is 15.9 Å². The van der Waals surface area contributed by atoms with Gasteiger partial charge < -0.3 is 5.11 Å². The van der Waals surface area contributed by atoms with Crippen molar-refractivity contribution in [1.82, 2.24) is 0 Å². The molecule has 0 amide bonds. The fourth-order valence-corrected chi connectivity index (χ4v) is 3.41. The van der Waals surface area contributed by atoms with E-state index in [9.17, 15) is 10.4 Å².